The molecule has 0 fully saturated rings. The number of carbonyl (C=O) groups excluding carboxylic acids is 2. The normalized spacial score (nSPS) is 17.4. The molecule has 1 N–H and O–H groups in total. The van der Waals surface area contributed by atoms with Crippen molar-refractivity contribution in [3.63, 3.8) is 0 Å². The number of benzene rings is 3. The highest BCUT2D eigenvalue weighted by molar-refractivity contribution is 8.28. The van der Waals surface area contributed by atoms with E-state index in [4.69, 9.17) is 4.74 Å². The molecule has 1 amide bonds. The predicted molar refractivity (Wildman–Crippen MR) is 140 cm³/mol. The lowest BCUT2D eigenvalue weighted by Crippen LogP contribution is -2.27. The number of hydrogen-bond donors (Lipinski definition) is 2. The number of allylic oxidation sites excluding steroid dienone is 3. The van der Waals surface area contributed by atoms with Crippen LogP contribution in [-0.2, 0) is 4.74 Å². The summed E-state index contributed by atoms with van der Waals surface area (Å²) < 4.78 is 5.72. The zero-order valence-electron chi connectivity index (χ0n) is 19.0. The zero-order valence-corrected chi connectivity index (χ0v) is 19.9. The minimum Gasteiger partial charge on any atom is -0.449 e. The summed E-state index contributed by atoms with van der Waals surface area (Å²) in [6.45, 7) is 2.42. The Morgan fingerprint density at radius 2 is 1.53 bits per heavy atom. The van der Waals surface area contributed by atoms with Crippen LogP contribution in [0.2, 0.25) is 0 Å². The molecule has 5 heteroatoms. The number of rotatable bonds is 7. The number of alkyl carbamates (subject to hydrolysis) is 1. The molecule has 0 spiro atoms. The molecule has 172 valence electrons. The van der Waals surface area contributed by atoms with Crippen molar-refractivity contribution < 1.29 is 14.3 Å². The summed E-state index contributed by atoms with van der Waals surface area (Å²) in [5.41, 5.74) is 6.43. The molecule has 4 nitrogen and oxygen atoms in total. The van der Waals surface area contributed by atoms with Gasteiger partial charge in [-0.1, -0.05) is 85.8 Å². The average Bonchev–Trinajstić information content (AvgIpc) is 3.44. The number of ether oxygens (including phenoxy) is 1. The highest BCUT2D eigenvalue weighted by atomic mass is 32.2. The van der Waals surface area contributed by atoms with E-state index in [1.165, 1.54) is 27.2 Å². The maximum atomic E-state index is 12.7. The molecule has 3 aromatic carbocycles. The number of amides is 1. The quantitative estimate of drug-likeness (QED) is 0.301. The summed E-state index contributed by atoms with van der Waals surface area (Å²) in [5, 5.41) is 3.00. The molecule has 0 aromatic heterocycles. The molecule has 1 atom stereocenters. The van der Waals surface area contributed by atoms with Crippen LogP contribution >= 0.6 is 10.9 Å². The van der Waals surface area contributed by atoms with Crippen molar-refractivity contribution in [1.29, 1.82) is 0 Å². The van der Waals surface area contributed by atoms with E-state index in [1.807, 2.05) is 48.5 Å². The third kappa shape index (κ3) is 4.08. The van der Waals surface area contributed by atoms with E-state index in [2.05, 4.69) is 48.7 Å². The van der Waals surface area contributed by atoms with Gasteiger partial charge in [-0.2, -0.15) is 10.9 Å². The van der Waals surface area contributed by atoms with Crippen molar-refractivity contribution in [1.82, 2.24) is 5.32 Å². The summed E-state index contributed by atoms with van der Waals surface area (Å²) in [6, 6.07) is 24.3. The van der Waals surface area contributed by atoms with E-state index in [1.54, 1.807) is 0 Å². The highest BCUT2D eigenvalue weighted by Gasteiger charge is 2.29. The molecule has 1 heterocycles. The third-order valence-electron chi connectivity index (χ3n) is 6.52. The Morgan fingerprint density at radius 1 is 0.912 bits per heavy atom. The first kappa shape index (κ1) is 22.2. The smallest absolute Gasteiger partial charge is 0.407 e. The molecule has 3 aromatic rings. The SMILES string of the molecule is CCC1=CC=C(c2ccccc2C=O)[SH]1CNC(=O)OCC1c2ccccc2-c2ccccc21. The lowest BCUT2D eigenvalue weighted by molar-refractivity contribution is 0.112. The Bertz CT molecular complexity index is 1260. The van der Waals surface area contributed by atoms with Crippen molar-refractivity contribution in [2.24, 2.45) is 0 Å². The Kier molecular flexibility index (Phi) is 6.37. The predicted octanol–water partition coefficient (Wildman–Crippen LogP) is 6.64. The van der Waals surface area contributed by atoms with Gasteiger partial charge in [0.1, 0.15) is 6.61 Å². The molecule has 0 radical (unpaired) electrons. The van der Waals surface area contributed by atoms with Gasteiger partial charge in [-0.15, -0.1) is 0 Å². The third-order valence-corrected chi connectivity index (χ3v) is 9.13. The molecule has 2 aliphatic rings. The van der Waals surface area contributed by atoms with Crippen LogP contribution in [0.5, 0.6) is 0 Å². The lowest BCUT2D eigenvalue weighted by atomic mass is 9.98. The van der Waals surface area contributed by atoms with Gasteiger partial charge in [0.2, 0.25) is 0 Å². The number of fused-ring (bicyclic) bond motifs is 3. The van der Waals surface area contributed by atoms with Crippen molar-refractivity contribution in [3.8, 4) is 11.1 Å². The number of nitrogens with one attached hydrogen (secondary N) is 1. The fourth-order valence-corrected chi connectivity index (χ4v) is 7.22. The van der Waals surface area contributed by atoms with Crippen LogP contribution in [0.1, 0.15) is 46.3 Å². The van der Waals surface area contributed by atoms with E-state index < -0.39 is 17.0 Å². The van der Waals surface area contributed by atoms with Crippen molar-refractivity contribution in [2.75, 3.05) is 12.5 Å². The minimum atomic E-state index is -0.757. The summed E-state index contributed by atoms with van der Waals surface area (Å²) in [7, 11) is -0.757. The van der Waals surface area contributed by atoms with Gasteiger partial charge in [0.25, 0.3) is 0 Å². The Balaban J connectivity index is 1.26. The van der Waals surface area contributed by atoms with Gasteiger partial charge in [0.05, 0.1) is 5.88 Å². The topological polar surface area (TPSA) is 55.4 Å². The van der Waals surface area contributed by atoms with Crippen LogP contribution in [0.4, 0.5) is 4.79 Å². The fraction of sp³-hybridized carbons (Fsp3) is 0.172. The van der Waals surface area contributed by atoms with Crippen LogP contribution in [0.3, 0.4) is 0 Å². The van der Waals surface area contributed by atoms with E-state index in [0.717, 1.165) is 23.2 Å². The number of aldehydes is 1. The van der Waals surface area contributed by atoms with Gasteiger partial charge in [-0.05, 0) is 45.2 Å². The number of carbonyl (C=O) groups is 2. The molecule has 34 heavy (non-hydrogen) atoms. The van der Waals surface area contributed by atoms with E-state index in [-0.39, 0.29) is 5.92 Å². The van der Waals surface area contributed by atoms with E-state index in [0.29, 0.717) is 18.0 Å². The molecule has 1 aliphatic carbocycles. The first-order valence-electron chi connectivity index (χ1n) is 11.5. The maximum Gasteiger partial charge on any atom is 0.407 e. The number of hydrogen-bond acceptors (Lipinski definition) is 3. The highest BCUT2D eigenvalue weighted by Crippen LogP contribution is 2.53. The van der Waals surface area contributed by atoms with Gasteiger partial charge < -0.3 is 10.1 Å². The van der Waals surface area contributed by atoms with Crippen LogP contribution in [0, 0.1) is 0 Å². The minimum absolute atomic E-state index is 0.0383. The van der Waals surface area contributed by atoms with Crippen LogP contribution in [0.25, 0.3) is 16.0 Å². The Labute approximate surface area is 202 Å². The number of thiol groups is 1. The molecular formula is C29H27NO3S. The standard InChI is InChI=1S/C29H27NO3S/c1-2-21-15-16-28(22-10-4-3-9-20(22)17-31)34(21)19-30-29(32)33-18-27-25-13-7-5-11-23(25)24-12-6-8-14-26(24)27/h3-17,27,34H,2,18-19H2,1H3,(H,30,32). The van der Waals surface area contributed by atoms with Crippen molar-refractivity contribution in [3.05, 3.63) is 112 Å². The summed E-state index contributed by atoms with van der Waals surface area (Å²) in [4.78, 5) is 26.7. The second-order valence-corrected chi connectivity index (χ2v) is 10.6. The van der Waals surface area contributed by atoms with Gasteiger partial charge in [0.15, 0.2) is 6.29 Å². The summed E-state index contributed by atoms with van der Waals surface area (Å²) in [6.07, 6.45) is 5.61. The monoisotopic (exact) mass is 469 g/mol. The molecule has 1 unspecified atom stereocenters. The molecule has 0 saturated carbocycles. The summed E-state index contributed by atoms with van der Waals surface area (Å²) >= 11 is 0. The molecular weight excluding hydrogens is 442 g/mol. The average molecular weight is 470 g/mol. The fourth-order valence-electron chi connectivity index (χ4n) is 4.87. The van der Waals surface area contributed by atoms with Gasteiger partial charge in [0, 0.05) is 16.4 Å². The second kappa shape index (κ2) is 9.74. The Morgan fingerprint density at radius 3 is 2.18 bits per heavy atom. The molecule has 5 rings (SSSR count). The van der Waals surface area contributed by atoms with Crippen LogP contribution in [0.15, 0.2) is 89.9 Å². The van der Waals surface area contributed by atoms with E-state index in [9.17, 15) is 9.59 Å². The second-order valence-electron chi connectivity index (χ2n) is 8.36. The maximum absolute atomic E-state index is 12.7. The van der Waals surface area contributed by atoms with Gasteiger partial charge in [-0.25, -0.2) is 4.79 Å². The Hall–Kier alpha value is -3.57. The van der Waals surface area contributed by atoms with Crippen molar-refractivity contribution >= 4 is 28.2 Å². The van der Waals surface area contributed by atoms with Gasteiger partial charge >= 0.3 is 6.09 Å². The summed E-state index contributed by atoms with van der Waals surface area (Å²) in [5.74, 6) is 0.529. The van der Waals surface area contributed by atoms with Gasteiger partial charge in [-0.3, -0.25) is 4.79 Å². The van der Waals surface area contributed by atoms with E-state index >= 15 is 0 Å². The van der Waals surface area contributed by atoms with Crippen LogP contribution < -0.4 is 5.32 Å². The zero-order chi connectivity index (χ0) is 23.5. The largest absolute Gasteiger partial charge is 0.449 e. The first-order valence-corrected chi connectivity index (χ1v) is 13.1. The van der Waals surface area contributed by atoms with Crippen molar-refractivity contribution in [2.45, 2.75) is 19.3 Å². The first-order chi connectivity index (χ1) is 16.7. The molecule has 0 saturated heterocycles. The molecule has 1 aliphatic heterocycles. The van der Waals surface area contributed by atoms with Crippen LogP contribution in [-0.4, -0.2) is 24.9 Å². The molecule has 0 bridgehead atoms. The lowest BCUT2D eigenvalue weighted by Gasteiger charge is -2.25.